The Kier molecular flexibility index (Phi) is 17.8. The Morgan fingerprint density at radius 2 is 1.17 bits per heavy atom. The molecule has 0 rings (SSSR count). The molecule has 0 atom stereocenters. The smallest absolute Gasteiger partial charge is 1.00 e. The molecule has 0 aliphatic rings. The summed E-state index contributed by atoms with van der Waals surface area (Å²) >= 11 is 0. The molecule has 6 N–H and O–H groups in total. The fourth-order valence-electron chi connectivity index (χ4n) is 0.139. The molecule has 0 amide bonds. The van der Waals surface area contributed by atoms with Gasteiger partial charge in [-0.1, -0.05) is 0 Å². The van der Waals surface area contributed by atoms with Gasteiger partial charge >= 0.3 is 90.1 Å². The Morgan fingerprint density at radius 3 is 1.17 bits per heavy atom. The van der Waals surface area contributed by atoms with Gasteiger partial charge in [0.1, 0.15) is 0 Å². The summed E-state index contributed by atoms with van der Waals surface area (Å²) in [5.74, 6) is 0. The maximum absolute atomic E-state index is 9.63. The largest absolute Gasteiger partial charge is 2.00 e. The molecule has 0 aromatic carbocycles. The van der Waals surface area contributed by atoms with Crippen LogP contribution in [-0.2, 0) is 13.4 Å². The maximum Gasteiger partial charge on any atom is 2.00 e. The van der Waals surface area contributed by atoms with Gasteiger partial charge in [-0.3, -0.25) is 0 Å². The summed E-state index contributed by atoms with van der Waals surface area (Å²) in [6.45, 7) is 0. The summed E-state index contributed by atoms with van der Waals surface area (Å²) in [5.41, 5.74) is 0. The van der Waals surface area contributed by atoms with Crippen LogP contribution in [0.5, 0.6) is 0 Å². The first-order valence-electron chi connectivity index (χ1n) is 1.53. The Balaban J connectivity index is -0.0000000213. The van der Waals surface area contributed by atoms with E-state index in [0.29, 0.717) is 0 Å². The molecule has 0 unspecified atom stereocenters. The quantitative estimate of drug-likeness (QED) is 0.288. The minimum absolute atomic E-state index is 0. The summed E-state index contributed by atoms with van der Waals surface area (Å²) < 4.78 is 22.2. The molecule has 0 aromatic rings. The molecule has 0 saturated carbocycles. The summed E-state index contributed by atoms with van der Waals surface area (Å²) in [6.07, 6.45) is 0. The third-order valence-electron chi connectivity index (χ3n) is 0.213. The van der Waals surface area contributed by atoms with Gasteiger partial charge in [0.15, 0.2) is 0 Å². The van der Waals surface area contributed by atoms with Crippen LogP contribution in [-0.4, -0.2) is 48.1 Å². The molecule has 0 heterocycles. The molecule has 0 aliphatic heterocycles. The summed E-state index contributed by atoms with van der Waals surface area (Å²) in [7, 11) is -10.1. The molecule has 0 aliphatic carbocycles. The molecule has 8 nitrogen and oxygen atoms in total. The van der Waals surface area contributed by atoms with E-state index in [2.05, 4.69) is 4.31 Å². The monoisotopic (exact) mass is 262 g/mol. The molecule has 70 valence electrons. The van der Waals surface area contributed by atoms with Gasteiger partial charge in [-0.05, 0) is 0 Å². The van der Waals surface area contributed by atoms with E-state index in [1.807, 2.05) is 0 Å². The molecule has 0 aromatic heterocycles. The van der Waals surface area contributed by atoms with Gasteiger partial charge in [0.25, 0.3) is 0 Å². The van der Waals surface area contributed by atoms with E-state index in [4.69, 9.17) is 19.6 Å². The van der Waals surface area contributed by atoms with Crippen LogP contribution in [0.15, 0.2) is 0 Å². The summed E-state index contributed by atoms with van der Waals surface area (Å²) in [5, 5.41) is 0. The third-order valence-corrected chi connectivity index (χ3v) is 1.91. The summed E-state index contributed by atoms with van der Waals surface area (Å²) in [6, 6.07) is 0. The van der Waals surface area contributed by atoms with Crippen molar-refractivity contribution in [3.63, 3.8) is 0 Å². The predicted molar refractivity (Wildman–Crippen MR) is 37.9 cm³/mol. The van der Waals surface area contributed by atoms with Crippen molar-refractivity contribution < 1.29 is 94.2 Å². The molecule has 0 saturated heterocycles. The average Bonchev–Trinajstić information content (AvgIpc) is 1.14. The van der Waals surface area contributed by atoms with Crippen molar-refractivity contribution in [2.24, 2.45) is 0 Å². The van der Waals surface area contributed by atoms with Crippen molar-refractivity contribution in [2.75, 3.05) is 0 Å². The zero-order valence-electron chi connectivity index (χ0n) is 9.12. The van der Waals surface area contributed by atoms with Gasteiger partial charge in [-0.15, -0.1) is 0 Å². The number of rotatable bonds is 2. The SMILES string of the molecule is O.O=P(O)(O)OP(=O)(O)O.[H-].[H-].[H-].[K+].[Mg+2]. The minimum atomic E-state index is -5.05. The Bertz CT molecular complexity index is 168. The standard InChI is InChI=1S/K.Mg.H4O7P2.H2O.3H/c;;1-8(2,3)7-9(4,5)6;;;;/h;;(H2,1,2,3)(H2,4,5,6);1H2;;;/q+1;+2;;;3*-1. The first-order chi connectivity index (χ1) is 3.71. The third kappa shape index (κ3) is 22.9. The maximum atomic E-state index is 9.63. The van der Waals surface area contributed by atoms with E-state index in [-0.39, 0.29) is 84.2 Å². The van der Waals surface area contributed by atoms with Crippen molar-refractivity contribution in [3.05, 3.63) is 0 Å². The van der Waals surface area contributed by atoms with Crippen LogP contribution in [0, 0.1) is 0 Å². The van der Waals surface area contributed by atoms with Gasteiger partial charge in [-0.2, -0.15) is 4.31 Å². The van der Waals surface area contributed by atoms with E-state index < -0.39 is 15.6 Å². The van der Waals surface area contributed by atoms with Crippen LogP contribution >= 0.6 is 15.6 Å². The van der Waals surface area contributed by atoms with Crippen molar-refractivity contribution in [1.82, 2.24) is 0 Å². The van der Waals surface area contributed by atoms with E-state index in [1.54, 1.807) is 0 Å². The summed E-state index contributed by atoms with van der Waals surface area (Å²) in [4.78, 5) is 31.0. The van der Waals surface area contributed by atoms with Crippen molar-refractivity contribution >= 4 is 38.7 Å². The van der Waals surface area contributed by atoms with Crippen molar-refractivity contribution in [3.8, 4) is 0 Å². The van der Waals surface area contributed by atoms with Crippen LogP contribution in [0.4, 0.5) is 0 Å². The molecule has 0 bridgehead atoms. The molecule has 0 radical (unpaired) electrons. The van der Waals surface area contributed by atoms with Crippen molar-refractivity contribution in [2.45, 2.75) is 0 Å². The normalized spacial score (nSPS) is 10.3. The topological polar surface area (TPSA) is 156 Å². The number of hydrogen-bond donors (Lipinski definition) is 4. The molecule has 12 heteroatoms. The molecule has 0 fully saturated rings. The van der Waals surface area contributed by atoms with Gasteiger partial charge in [0, 0.05) is 0 Å². The van der Waals surface area contributed by atoms with Crippen LogP contribution in [0.1, 0.15) is 4.28 Å². The van der Waals surface area contributed by atoms with Crippen LogP contribution in [0.25, 0.3) is 0 Å². The van der Waals surface area contributed by atoms with Crippen molar-refractivity contribution in [1.29, 1.82) is 0 Å². The Morgan fingerprint density at radius 1 is 1.00 bits per heavy atom. The van der Waals surface area contributed by atoms with Gasteiger partial charge < -0.3 is 29.3 Å². The predicted octanol–water partition coefficient (Wildman–Crippen LogP) is -4.68. The van der Waals surface area contributed by atoms with Crippen LogP contribution in [0.2, 0.25) is 0 Å². The average molecular weight is 262 g/mol. The second-order valence-corrected chi connectivity index (χ2v) is 3.68. The first kappa shape index (κ1) is 24.0. The molecule has 12 heavy (non-hydrogen) atoms. The zero-order chi connectivity index (χ0) is 7.71. The van der Waals surface area contributed by atoms with Gasteiger partial charge in [-0.25, -0.2) is 9.13 Å². The van der Waals surface area contributed by atoms with Crippen LogP contribution in [0.3, 0.4) is 0 Å². The van der Waals surface area contributed by atoms with Gasteiger partial charge in [0.05, 0.1) is 0 Å². The van der Waals surface area contributed by atoms with Crippen LogP contribution < -0.4 is 51.4 Å². The minimum Gasteiger partial charge on any atom is -1.00 e. The van der Waals surface area contributed by atoms with E-state index >= 15 is 0 Å². The molecular formula is H9KMgO8P2. The Labute approximate surface area is 131 Å². The Hall–Kier alpha value is 2.62. The number of hydrogen-bond acceptors (Lipinski definition) is 3. The van der Waals surface area contributed by atoms with Gasteiger partial charge in [0.2, 0.25) is 0 Å². The van der Waals surface area contributed by atoms with E-state index in [0.717, 1.165) is 0 Å². The molecule has 0 spiro atoms. The first-order valence-corrected chi connectivity index (χ1v) is 4.59. The fraction of sp³-hybridized carbons (Fsp3) is 0. The fourth-order valence-corrected chi connectivity index (χ4v) is 1.25. The molecular weight excluding hydrogens is 253 g/mol. The number of phosphoric acid groups is 2. The van der Waals surface area contributed by atoms with E-state index in [1.165, 1.54) is 0 Å². The van der Waals surface area contributed by atoms with E-state index in [9.17, 15) is 9.13 Å². The second-order valence-electron chi connectivity index (χ2n) is 1.06. The zero-order valence-corrected chi connectivity index (χ0v) is 12.4. The second kappa shape index (κ2) is 8.89.